The molecule has 0 atom stereocenters. The molecule has 0 unspecified atom stereocenters. The Labute approximate surface area is 157 Å². The zero-order valence-corrected chi connectivity index (χ0v) is 15.7. The molecule has 28 heavy (non-hydrogen) atoms. The van der Waals surface area contributed by atoms with E-state index in [4.69, 9.17) is 0 Å². The van der Waals surface area contributed by atoms with Gasteiger partial charge in [-0.3, -0.25) is 14.0 Å². The van der Waals surface area contributed by atoms with E-state index in [-0.39, 0.29) is 27.7 Å². The minimum absolute atomic E-state index is 0.0286. The number of fused-ring (bicyclic) bond motifs is 1. The second kappa shape index (κ2) is 6.59. The molecule has 0 fully saturated rings. The van der Waals surface area contributed by atoms with Crippen molar-refractivity contribution in [2.45, 2.75) is 18.0 Å². The molecule has 0 saturated carbocycles. The summed E-state index contributed by atoms with van der Waals surface area (Å²) < 4.78 is 65.7. The Morgan fingerprint density at radius 3 is 2.54 bits per heavy atom. The number of hydrogen-bond acceptors (Lipinski definition) is 5. The Kier molecular flexibility index (Phi) is 4.66. The third kappa shape index (κ3) is 3.21. The van der Waals surface area contributed by atoms with Crippen LogP contribution < -0.4 is 5.69 Å². The van der Waals surface area contributed by atoms with Crippen LogP contribution in [0.5, 0.6) is 0 Å². The Morgan fingerprint density at radius 2 is 1.96 bits per heavy atom. The molecule has 0 bridgehead atoms. The molecule has 0 spiro atoms. The van der Waals surface area contributed by atoms with Gasteiger partial charge < -0.3 is 0 Å². The fraction of sp³-hybridized carbons (Fsp3) is 0.235. The monoisotopic (exact) mass is 412 g/mol. The minimum Gasteiger partial charge on any atom is -0.292 e. The van der Waals surface area contributed by atoms with Crippen LogP contribution in [0.4, 0.5) is 13.2 Å². The lowest BCUT2D eigenvalue weighted by molar-refractivity contribution is -0.143. The topological polar surface area (TPSA) is 86.3 Å². The number of halogens is 3. The molecule has 0 aliphatic heterocycles. The smallest absolute Gasteiger partial charge is 0.292 e. The highest BCUT2D eigenvalue weighted by atomic mass is 32.2. The second-order valence-electron chi connectivity index (χ2n) is 5.95. The summed E-state index contributed by atoms with van der Waals surface area (Å²) in [7, 11) is -2.73. The van der Waals surface area contributed by atoms with Gasteiger partial charge in [0.1, 0.15) is 22.7 Å². The molecule has 3 heterocycles. The number of aromatic nitrogens is 4. The lowest BCUT2D eigenvalue weighted by atomic mass is 10.2. The van der Waals surface area contributed by atoms with Crippen LogP contribution in [0.25, 0.3) is 23.1 Å². The van der Waals surface area contributed by atoms with E-state index in [0.717, 1.165) is 17.5 Å². The molecule has 3 rings (SSSR count). The first-order valence-corrected chi connectivity index (χ1v) is 9.66. The highest BCUT2D eigenvalue weighted by Crippen LogP contribution is 2.30. The van der Waals surface area contributed by atoms with Gasteiger partial charge in [0, 0.05) is 25.5 Å². The first kappa shape index (κ1) is 19.8. The summed E-state index contributed by atoms with van der Waals surface area (Å²) in [6.07, 6.45) is -0.800. The Balaban J connectivity index is 2.33. The number of alkyl halides is 3. The van der Waals surface area contributed by atoms with Gasteiger partial charge in [0.05, 0.1) is 10.6 Å². The average molecular weight is 412 g/mol. The van der Waals surface area contributed by atoms with Gasteiger partial charge in [-0.1, -0.05) is 19.6 Å². The van der Waals surface area contributed by atoms with Crippen LogP contribution in [-0.4, -0.2) is 33.1 Å². The number of pyridine rings is 1. The maximum absolute atomic E-state index is 13.1. The van der Waals surface area contributed by atoms with Crippen molar-refractivity contribution >= 4 is 21.6 Å². The summed E-state index contributed by atoms with van der Waals surface area (Å²) in [5.74, 6) is -0.213. The molecular formula is C17H15F3N4O3S. The molecule has 11 heteroatoms. The van der Waals surface area contributed by atoms with Crippen molar-refractivity contribution in [3.8, 4) is 11.4 Å². The second-order valence-corrected chi connectivity index (χ2v) is 8.19. The molecule has 0 aliphatic carbocycles. The molecule has 7 nitrogen and oxygen atoms in total. The van der Waals surface area contributed by atoms with Gasteiger partial charge in [-0.2, -0.15) is 13.2 Å². The van der Waals surface area contributed by atoms with Gasteiger partial charge in [-0.25, -0.2) is 18.2 Å². The summed E-state index contributed by atoms with van der Waals surface area (Å²) in [5.41, 5.74) is -2.02. The van der Waals surface area contributed by atoms with Gasteiger partial charge >= 0.3 is 11.9 Å². The summed E-state index contributed by atoms with van der Waals surface area (Å²) in [6, 6.07) is 2.08. The standard InChI is InChI=1S/C17H15F3N4O3S/c1-4-10-6-12(28(26,27)5-2)15(21-8-10)11-9-24-14(22-11)7-13(17(18,19)20)23(3)16(24)25/h4,6-9H,1,5H2,2-3H3. The molecule has 148 valence electrons. The summed E-state index contributed by atoms with van der Waals surface area (Å²) in [5, 5.41) is 0. The largest absolute Gasteiger partial charge is 0.431 e. The van der Waals surface area contributed by atoms with Gasteiger partial charge in [0.15, 0.2) is 9.84 Å². The number of hydrogen-bond donors (Lipinski definition) is 0. The third-order valence-electron chi connectivity index (χ3n) is 4.21. The van der Waals surface area contributed by atoms with Crippen molar-refractivity contribution in [2.24, 2.45) is 7.05 Å². The van der Waals surface area contributed by atoms with Crippen molar-refractivity contribution in [1.82, 2.24) is 18.9 Å². The van der Waals surface area contributed by atoms with Crippen LogP contribution in [0.3, 0.4) is 0 Å². The Bertz CT molecular complexity index is 1260. The van der Waals surface area contributed by atoms with E-state index in [9.17, 15) is 26.4 Å². The molecule has 0 aromatic carbocycles. The fourth-order valence-corrected chi connectivity index (χ4v) is 3.75. The van der Waals surface area contributed by atoms with Gasteiger partial charge in [0.2, 0.25) is 0 Å². The molecular weight excluding hydrogens is 397 g/mol. The first-order chi connectivity index (χ1) is 13.0. The van der Waals surface area contributed by atoms with Crippen LogP contribution >= 0.6 is 0 Å². The molecule has 0 N–H and O–H groups in total. The molecule has 0 aliphatic rings. The fourth-order valence-electron chi connectivity index (χ4n) is 2.68. The van der Waals surface area contributed by atoms with Gasteiger partial charge in [-0.05, 0) is 11.6 Å². The predicted octanol–water partition coefficient (Wildman–Crippen LogP) is 2.55. The van der Waals surface area contributed by atoms with Crippen molar-refractivity contribution < 1.29 is 21.6 Å². The minimum atomic E-state index is -4.75. The van der Waals surface area contributed by atoms with Crippen molar-refractivity contribution in [2.75, 3.05) is 5.75 Å². The number of rotatable bonds is 4. The zero-order valence-electron chi connectivity index (χ0n) is 14.9. The molecule has 0 radical (unpaired) electrons. The molecule has 3 aromatic heterocycles. The normalized spacial score (nSPS) is 12.5. The van der Waals surface area contributed by atoms with Crippen LogP contribution in [0.2, 0.25) is 0 Å². The predicted molar refractivity (Wildman–Crippen MR) is 96.5 cm³/mol. The average Bonchev–Trinajstić information content (AvgIpc) is 3.07. The van der Waals surface area contributed by atoms with Gasteiger partial charge in [-0.15, -0.1) is 0 Å². The van der Waals surface area contributed by atoms with Crippen LogP contribution in [0, 0.1) is 0 Å². The maximum Gasteiger partial charge on any atom is 0.431 e. The van der Waals surface area contributed by atoms with E-state index in [0.29, 0.717) is 10.1 Å². The van der Waals surface area contributed by atoms with Gasteiger partial charge in [0.25, 0.3) is 0 Å². The van der Waals surface area contributed by atoms with E-state index in [1.165, 1.54) is 31.5 Å². The number of sulfone groups is 1. The van der Waals surface area contributed by atoms with E-state index in [1.807, 2.05) is 0 Å². The Hall–Kier alpha value is -2.95. The van der Waals surface area contributed by atoms with E-state index in [1.54, 1.807) is 0 Å². The van der Waals surface area contributed by atoms with Crippen molar-refractivity contribution in [1.29, 1.82) is 0 Å². The van der Waals surface area contributed by atoms with E-state index < -0.39 is 27.4 Å². The maximum atomic E-state index is 13.1. The summed E-state index contributed by atoms with van der Waals surface area (Å²) in [6.45, 7) is 5.02. The Morgan fingerprint density at radius 1 is 1.29 bits per heavy atom. The van der Waals surface area contributed by atoms with Crippen molar-refractivity contribution in [3.63, 3.8) is 0 Å². The third-order valence-corrected chi connectivity index (χ3v) is 5.95. The highest BCUT2D eigenvalue weighted by Gasteiger charge is 2.35. The number of nitrogens with zero attached hydrogens (tertiary/aromatic N) is 4. The van der Waals surface area contributed by atoms with Crippen LogP contribution in [0.15, 0.2) is 40.8 Å². The summed E-state index contributed by atoms with van der Waals surface area (Å²) >= 11 is 0. The molecule has 0 saturated heterocycles. The lowest BCUT2D eigenvalue weighted by Crippen LogP contribution is -2.29. The SMILES string of the molecule is C=Cc1cnc(-c2cn3c(=O)n(C)c(C(F)(F)F)cc3n2)c(S(=O)(=O)CC)c1. The highest BCUT2D eigenvalue weighted by molar-refractivity contribution is 7.91. The van der Waals surface area contributed by atoms with Crippen LogP contribution in [-0.2, 0) is 23.1 Å². The quantitative estimate of drug-likeness (QED) is 0.657. The molecule has 0 amide bonds. The van der Waals surface area contributed by atoms with Crippen LogP contribution in [0.1, 0.15) is 18.2 Å². The summed E-state index contributed by atoms with van der Waals surface area (Å²) in [4.78, 5) is 20.3. The zero-order chi connectivity index (χ0) is 20.9. The lowest BCUT2D eigenvalue weighted by Gasteiger charge is -2.11. The van der Waals surface area contributed by atoms with Crippen molar-refractivity contribution in [3.05, 3.63) is 52.8 Å². The number of imidazole rings is 1. The molecule has 3 aromatic rings. The first-order valence-electron chi connectivity index (χ1n) is 8.01. The van der Waals surface area contributed by atoms with E-state index in [2.05, 4.69) is 16.5 Å². The van der Waals surface area contributed by atoms with E-state index >= 15 is 0 Å².